The maximum absolute atomic E-state index is 5.11. The van der Waals surface area contributed by atoms with Gasteiger partial charge in [-0.2, -0.15) is 0 Å². The SMILES string of the molecule is C=C(N)N=C/C=C\C. The summed E-state index contributed by atoms with van der Waals surface area (Å²) in [6, 6.07) is 0. The predicted octanol–water partition coefficient (Wildman–Crippen LogP) is 1.06. The molecule has 0 fully saturated rings. The Hall–Kier alpha value is -1.05. The summed E-state index contributed by atoms with van der Waals surface area (Å²) in [6.45, 7) is 5.28. The summed E-state index contributed by atoms with van der Waals surface area (Å²) in [5.41, 5.74) is 5.11. The smallest absolute Gasteiger partial charge is 0.115 e. The molecule has 0 aromatic carbocycles. The second-order valence-corrected chi connectivity index (χ2v) is 1.30. The van der Waals surface area contributed by atoms with Crippen molar-refractivity contribution in [3.05, 3.63) is 24.6 Å². The summed E-state index contributed by atoms with van der Waals surface area (Å²) in [7, 11) is 0. The third-order valence-electron chi connectivity index (χ3n) is 0.519. The molecule has 0 amide bonds. The zero-order valence-corrected chi connectivity index (χ0v) is 4.96. The molecule has 0 rings (SSSR count). The summed E-state index contributed by atoms with van der Waals surface area (Å²) in [6.07, 6.45) is 5.26. The molecule has 0 spiro atoms. The first-order valence-electron chi connectivity index (χ1n) is 2.37. The highest BCUT2D eigenvalue weighted by Crippen LogP contribution is 1.75. The van der Waals surface area contributed by atoms with Crippen molar-refractivity contribution in [2.45, 2.75) is 6.92 Å². The maximum atomic E-state index is 5.11. The second-order valence-electron chi connectivity index (χ2n) is 1.30. The van der Waals surface area contributed by atoms with Crippen molar-refractivity contribution in [1.82, 2.24) is 0 Å². The summed E-state index contributed by atoms with van der Waals surface area (Å²) in [5, 5.41) is 0. The van der Waals surface area contributed by atoms with Gasteiger partial charge in [-0.15, -0.1) is 0 Å². The maximum Gasteiger partial charge on any atom is 0.115 e. The first-order chi connectivity index (χ1) is 3.77. The highest BCUT2D eigenvalue weighted by atomic mass is 14.9. The van der Waals surface area contributed by atoms with Crippen LogP contribution in [0.2, 0.25) is 0 Å². The predicted molar refractivity (Wildman–Crippen MR) is 36.6 cm³/mol. The first kappa shape index (κ1) is 6.95. The van der Waals surface area contributed by atoms with Crippen LogP contribution < -0.4 is 5.73 Å². The van der Waals surface area contributed by atoms with Gasteiger partial charge in [0.15, 0.2) is 0 Å². The van der Waals surface area contributed by atoms with E-state index in [0.29, 0.717) is 5.82 Å². The number of hydrogen-bond acceptors (Lipinski definition) is 2. The topological polar surface area (TPSA) is 38.4 Å². The minimum absolute atomic E-state index is 0.336. The van der Waals surface area contributed by atoms with Crippen LogP contribution in [-0.2, 0) is 0 Å². The molecule has 0 aromatic rings. The Bertz CT molecular complexity index is 122. The Morgan fingerprint density at radius 1 is 1.75 bits per heavy atom. The molecule has 2 heteroatoms. The van der Waals surface area contributed by atoms with Gasteiger partial charge in [-0.3, -0.25) is 0 Å². The molecular weight excluding hydrogens is 100 g/mol. The molecule has 0 aliphatic carbocycles. The zero-order valence-electron chi connectivity index (χ0n) is 4.96. The minimum atomic E-state index is 0.336. The molecule has 0 saturated heterocycles. The Morgan fingerprint density at radius 3 is 2.75 bits per heavy atom. The first-order valence-corrected chi connectivity index (χ1v) is 2.37. The van der Waals surface area contributed by atoms with Gasteiger partial charge >= 0.3 is 0 Å². The van der Waals surface area contributed by atoms with E-state index in [4.69, 9.17) is 5.73 Å². The third kappa shape index (κ3) is 4.95. The van der Waals surface area contributed by atoms with Gasteiger partial charge < -0.3 is 5.73 Å². The molecule has 0 atom stereocenters. The lowest BCUT2D eigenvalue weighted by Crippen LogP contribution is -1.88. The molecule has 0 saturated carbocycles. The van der Waals surface area contributed by atoms with Crippen molar-refractivity contribution in [1.29, 1.82) is 0 Å². The van der Waals surface area contributed by atoms with Gasteiger partial charge in [-0.1, -0.05) is 12.7 Å². The molecule has 2 N–H and O–H groups in total. The lowest BCUT2D eigenvalue weighted by molar-refractivity contribution is 1.28. The molecule has 0 radical (unpaired) electrons. The Labute approximate surface area is 49.4 Å². The molecule has 0 heterocycles. The number of aliphatic imine (C=N–C) groups is 1. The monoisotopic (exact) mass is 110 g/mol. The average Bonchev–Trinajstić information content (AvgIpc) is 1.66. The summed E-state index contributed by atoms with van der Waals surface area (Å²) >= 11 is 0. The Kier molecular flexibility index (Phi) is 3.58. The van der Waals surface area contributed by atoms with E-state index in [0.717, 1.165) is 0 Å². The van der Waals surface area contributed by atoms with Crippen molar-refractivity contribution in [2.24, 2.45) is 10.7 Å². The highest BCUT2D eigenvalue weighted by molar-refractivity contribution is 5.71. The summed E-state index contributed by atoms with van der Waals surface area (Å²) in [5.74, 6) is 0.336. The Morgan fingerprint density at radius 2 is 2.38 bits per heavy atom. The normalized spacial score (nSPS) is 11.1. The van der Waals surface area contributed by atoms with Gasteiger partial charge in [0.1, 0.15) is 5.82 Å². The van der Waals surface area contributed by atoms with Gasteiger partial charge in [0.2, 0.25) is 0 Å². The number of hydrogen-bond donors (Lipinski definition) is 1. The molecule has 0 aliphatic heterocycles. The van der Waals surface area contributed by atoms with E-state index in [1.807, 2.05) is 13.0 Å². The van der Waals surface area contributed by atoms with Crippen molar-refractivity contribution in [3.8, 4) is 0 Å². The summed E-state index contributed by atoms with van der Waals surface area (Å²) < 4.78 is 0. The Balaban J connectivity index is 3.50. The fourth-order valence-electron chi connectivity index (χ4n) is 0.225. The van der Waals surface area contributed by atoms with Gasteiger partial charge in [-0.05, 0) is 13.0 Å². The quantitative estimate of drug-likeness (QED) is 0.530. The molecule has 0 aliphatic rings. The molecule has 0 unspecified atom stereocenters. The third-order valence-corrected chi connectivity index (χ3v) is 0.519. The lowest BCUT2D eigenvalue weighted by Gasteiger charge is -1.80. The fraction of sp³-hybridized carbons (Fsp3) is 0.167. The van der Waals surface area contributed by atoms with Crippen LogP contribution in [-0.4, -0.2) is 6.21 Å². The van der Waals surface area contributed by atoms with E-state index in [1.165, 1.54) is 0 Å². The molecular formula is C6H10N2. The molecule has 44 valence electrons. The minimum Gasteiger partial charge on any atom is -0.384 e. The number of allylic oxidation sites excluding steroid dienone is 2. The highest BCUT2D eigenvalue weighted by Gasteiger charge is 1.66. The van der Waals surface area contributed by atoms with Crippen LogP contribution in [0.3, 0.4) is 0 Å². The van der Waals surface area contributed by atoms with E-state index >= 15 is 0 Å². The van der Waals surface area contributed by atoms with Crippen molar-refractivity contribution >= 4 is 6.21 Å². The largest absolute Gasteiger partial charge is 0.384 e. The van der Waals surface area contributed by atoms with Crippen LogP contribution in [0.15, 0.2) is 29.5 Å². The average molecular weight is 110 g/mol. The van der Waals surface area contributed by atoms with Crippen LogP contribution in [0.4, 0.5) is 0 Å². The number of nitrogens with zero attached hydrogens (tertiary/aromatic N) is 1. The van der Waals surface area contributed by atoms with E-state index in [9.17, 15) is 0 Å². The standard InChI is InChI=1S/C6H10N2/c1-3-4-5-8-6(2)7/h3-5H,2,7H2,1H3/b4-3-,8-5?. The van der Waals surface area contributed by atoms with Gasteiger partial charge in [0.05, 0.1) is 0 Å². The van der Waals surface area contributed by atoms with Gasteiger partial charge in [0.25, 0.3) is 0 Å². The second kappa shape index (κ2) is 4.12. The molecule has 2 nitrogen and oxygen atoms in total. The van der Waals surface area contributed by atoms with Gasteiger partial charge in [-0.25, -0.2) is 4.99 Å². The van der Waals surface area contributed by atoms with Gasteiger partial charge in [0, 0.05) is 6.21 Å². The molecule has 8 heavy (non-hydrogen) atoms. The lowest BCUT2D eigenvalue weighted by atomic mass is 10.6. The van der Waals surface area contributed by atoms with E-state index in [-0.39, 0.29) is 0 Å². The molecule has 0 bridgehead atoms. The van der Waals surface area contributed by atoms with Crippen molar-refractivity contribution in [2.75, 3.05) is 0 Å². The fourth-order valence-corrected chi connectivity index (χ4v) is 0.225. The molecule has 0 aromatic heterocycles. The van der Waals surface area contributed by atoms with Crippen LogP contribution in [0.5, 0.6) is 0 Å². The van der Waals surface area contributed by atoms with Crippen molar-refractivity contribution in [3.63, 3.8) is 0 Å². The van der Waals surface area contributed by atoms with E-state index in [2.05, 4.69) is 11.6 Å². The van der Waals surface area contributed by atoms with Crippen LogP contribution >= 0.6 is 0 Å². The summed E-state index contributed by atoms with van der Waals surface area (Å²) in [4.78, 5) is 3.69. The zero-order chi connectivity index (χ0) is 6.41. The van der Waals surface area contributed by atoms with E-state index < -0.39 is 0 Å². The van der Waals surface area contributed by atoms with Crippen LogP contribution in [0.25, 0.3) is 0 Å². The van der Waals surface area contributed by atoms with Crippen molar-refractivity contribution < 1.29 is 0 Å². The van der Waals surface area contributed by atoms with Crippen LogP contribution in [0.1, 0.15) is 6.92 Å². The number of rotatable bonds is 2. The van der Waals surface area contributed by atoms with E-state index in [1.54, 1.807) is 12.3 Å². The number of nitrogens with two attached hydrogens (primary N) is 1. The van der Waals surface area contributed by atoms with Crippen LogP contribution in [0, 0.1) is 0 Å².